The van der Waals surface area contributed by atoms with Gasteiger partial charge < -0.3 is 13.3 Å². The minimum Gasteiger partial charge on any atom is -0.456 e. The molecule has 0 aliphatic rings. The van der Waals surface area contributed by atoms with E-state index in [0.717, 1.165) is 165 Å². The molecule has 0 radical (unpaired) electrons. The summed E-state index contributed by atoms with van der Waals surface area (Å²) in [6, 6.07) is 138. The van der Waals surface area contributed by atoms with Crippen LogP contribution in [0.1, 0.15) is 0 Å². The highest BCUT2D eigenvalue weighted by molar-refractivity contribution is 6.17. The van der Waals surface area contributed by atoms with Gasteiger partial charge in [0, 0.05) is 88.0 Å². The average molecular weight is 1530 g/mol. The van der Waals surface area contributed by atoms with Gasteiger partial charge >= 0.3 is 0 Å². The fourth-order valence-corrected chi connectivity index (χ4v) is 15.9. The van der Waals surface area contributed by atoms with Crippen molar-refractivity contribution in [1.29, 1.82) is 0 Å². The zero-order valence-corrected chi connectivity index (χ0v) is 63.9. The number of hydrogen-bond donors (Lipinski definition) is 0. The molecule has 0 unspecified atom stereocenters. The molecule has 0 amide bonds. The van der Waals surface area contributed by atoms with Gasteiger partial charge in [-0.3, -0.25) is 0 Å². The SMILES string of the molecule is c1ccc(-c2nc(-c3ccc(-c4cccc5oc6ccccc6c45)cc3)nc(-c3ccc4ccccc4c3)n2)cc1.c1ccc(-c2nc(-c3ccccc3)nc(-c3ccc(-c4cccc5c4oc4ccccc45)cc3)n2)cc1.c1ccc(-c2nc(-c3ccccc3)nc(-c3ccc(-c4cccc5oc6ccccc6c45)c4ccccc34)n2)cc1. The van der Waals surface area contributed by atoms with Crippen molar-refractivity contribution in [3.8, 4) is 136 Å². The van der Waals surface area contributed by atoms with Gasteiger partial charge in [-0.15, -0.1) is 0 Å². The van der Waals surface area contributed by atoms with Crippen molar-refractivity contribution in [3.63, 3.8) is 0 Å². The highest BCUT2D eigenvalue weighted by atomic mass is 16.3. The van der Waals surface area contributed by atoms with E-state index in [1.807, 2.05) is 212 Å². The van der Waals surface area contributed by atoms with Crippen molar-refractivity contribution in [2.75, 3.05) is 0 Å². The summed E-state index contributed by atoms with van der Waals surface area (Å²) in [6.45, 7) is 0. The van der Waals surface area contributed by atoms with Crippen LogP contribution in [0, 0.1) is 0 Å². The molecule has 0 aliphatic heterocycles. The molecule has 23 rings (SSSR count). The molecule has 12 heteroatoms. The normalized spacial score (nSPS) is 11.4. The second-order valence-corrected chi connectivity index (χ2v) is 29.0. The molecule has 0 spiro atoms. The van der Waals surface area contributed by atoms with E-state index < -0.39 is 0 Å². The maximum absolute atomic E-state index is 6.25. The first-order chi connectivity index (χ1) is 59.0. The molecule has 0 bridgehead atoms. The Labute approximate surface area is 683 Å². The zero-order chi connectivity index (χ0) is 79.0. The summed E-state index contributed by atoms with van der Waals surface area (Å²) in [6.07, 6.45) is 0. The molecule has 6 heterocycles. The van der Waals surface area contributed by atoms with Crippen LogP contribution in [0.25, 0.3) is 223 Å². The lowest BCUT2D eigenvalue weighted by atomic mass is 9.92. The Morgan fingerprint density at radius 3 is 0.908 bits per heavy atom. The molecule has 119 heavy (non-hydrogen) atoms. The minimum absolute atomic E-state index is 0.639. The Bertz CT molecular complexity index is 7600. The largest absolute Gasteiger partial charge is 0.456 e. The highest BCUT2D eigenvalue weighted by Gasteiger charge is 2.22. The lowest BCUT2D eigenvalue weighted by Crippen LogP contribution is -2.00. The Kier molecular flexibility index (Phi) is 18.3. The molecule has 23 aromatic rings. The number of para-hydroxylation sites is 4. The quantitative estimate of drug-likeness (QED) is 0.114. The van der Waals surface area contributed by atoms with Crippen molar-refractivity contribution in [1.82, 2.24) is 44.9 Å². The fraction of sp³-hybridized carbons (Fsp3) is 0. The Hall–Kier alpha value is -16.3. The molecule has 6 aromatic heterocycles. The fourth-order valence-electron chi connectivity index (χ4n) is 15.9. The number of furan rings is 3. The van der Waals surface area contributed by atoms with E-state index >= 15 is 0 Å². The first kappa shape index (κ1) is 70.5. The predicted octanol–water partition coefficient (Wildman–Crippen LogP) is 27.6. The third kappa shape index (κ3) is 13.8. The molecule has 0 fully saturated rings. The molecule has 0 atom stereocenters. The first-order valence-corrected chi connectivity index (χ1v) is 39.5. The van der Waals surface area contributed by atoms with Crippen molar-refractivity contribution in [3.05, 3.63) is 406 Å². The zero-order valence-electron chi connectivity index (χ0n) is 63.9. The molecule has 12 nitrogen and oxygen atoms in total. The van der Waals surface area contributed by atoms with Gasteiger partial charge in [-0.2, -0.15) is 0 Å². The van der Waals surface area contributed by atoms with Crippen LogP contribution in [0.15, 0.2) is 420 Å². The monoisotopic (exact) mass is 1530 g/mol. The number of fused-ring (bicyclic) bond motifs is 11. The van der Waals surface area contributed by atoms with Crippen LogP contribution >= 0.6 is 0 Å². The number of hydrogen-bond acceptors (Lipinski definition) is 12. The van der Waals surface area contributed by atoms with Gasteiger partial charge in [0.25, 0.3) is 0 Å². The van der Waals surface area contributed by atoms with Gasteiger partial charge in [0.2, 0.25) is 0 Å². The second kappa shape index (κ2) is 30.9. The van der Waals surface area contributed by atoms with Crippen molar-refractivity contribution >= 4 is 87.4 Å². The lowest BCUT2D eigenvalue weighted by Gasteiger charge is -2.13. The van der Waals surface area contributed by atoms with E-state index in [9.17, 15) is 0 Å². The number of benzene rings is 17. The molecule has 0 saturated heterocycles. The van der Waals surface area contributed by atoms with Crippen LogP contribution in [-0.2, 0) is 0 Å². The number of rotatable bonds is 12. The third-order valence-corrected chi connectivity index (χ3v) is 21.6. The summed E-state index contributed by atoms with van der Waals surface area (Å²) in [5, 5.41) is 11.3. The van der Waals surface area contributed by atoms with Crippen molar-refractivity contribution in [2.24, 2.45) is 0 Å². The topological polar surface area (TPSA) is 155 Å². The Morgan fingerprint density at radius 1 is 0.143 bits per heavy atom. The maximum Gasteiger partial charge on any atom is 0.164 e. The van der Waals surface area contributed by atoms with Crippen LogP contribution in [0.3, 0.4) is 0 Å². The summed E-state index contributed by atoms with van der Waals surface area (Å²) < 4.78 is 18.6. The van der Waals surface area contributed by atoms with E-state index in [1.54, 1.807) is 0 Å². The second-order valence-electron chi connectivity index (χ2n) is 29.0. The Balaban J connectivity index is 0.000000111. The van der Waals surface area contributed by atoms with Crippen LogP contribution in [0.4, 0.5) is 0 Å². The van der Waals surface area contributed by atoms with Crippen molar-refractivity contribution < 1.29 is 13.3 Å². The number of nitrogens with zero attached hydrogens (tertiary/aromatic N) is 9. The molecule has 17 aromatic carbocycles. The highest BCUT2D eigenvalue weighted by Crippen LogP contribution is 2.44. The van der Waals surface area contributed by atoms with E-state index in [2.05, 4.69) is 194 Å². The summed E-state index contributed by atoms with van der Waals surface area (Å²) >= 11 is 0. The van der Waals surface area contributed by atoms with Crippen molar-refractivity contribution in [2.45, 2.75) is 0 Å². The molecular weight excluding hydrogens is 1460 g/mol. The standard InChI is InChI=1S/2C37H23N3O.C33H21N3O/c1-3-12-24(13-4-1)35-38-36(25-14-5-2-6-15-25)40-37(39-35)30-23-22-28(26-16-7-8-17-27(26)30)29-19-11-21-33-34(29)31-18-9-10-20-32(31)41-33;1-2-10-26(11-3-1)35-38-36(40-37(39-35)29-22-17-24-9-4-5-12-28(24)23-29)27-20-18-25(19-21-27)30-14-8-16-33-34(30)31-13-6-7-15-32(31)41-33;1-3-10-23(11-4-1)31-34-32(24-12-5-2-6-13-24)36-33(35-31)25-20-18-22(19-21-25)26-15-9-16-28-27-14-7-8-17-29(27)37-30(26)28/h2*1-23H;1-21H. The van der Waals surface area contributed by atoms with E-state index in [1.165, 1.54) is 5.39 Å². The van der Waals surface area contributed by atoms with Gasteiger partial charge in [-0.05, 0) is 91.8 Å². The van der Waals surface area contributed by atoms with Gasteiger partial charge in [-0.25, -0.2) is 44.9 Å². The van der Waals surface area contributed by atoms with Gasteiger partial charge in [0.15, 0.2) is 52.4 Å². The van der Waals surface area contributed by atoms with Crippen LogP contribution in [0.2, 0.25) is 0 Å². The van der Waals surface area contributed by atoms with Crippen LogP contribution in [0.5, 0.6) is 0 Å². The molecule has 558 valence electrons. The van der Waals surface area contributed by atoms with E-state index in [0.29, 0.717) is 52.4 Å². The Morgan fingerprint density at radius 2 is 0.437 bits per heavy atom. The summed E-state index contributed by atoms with van der Waals surface area (Å²) in [5.74, 6) is 5.83. The predicted molar refractivity (Wildman–Crippen MR) is 482 cm³/mol. The molecule has 0 N–H and O–H groups in total. The summed E-state index contributed by atoms with van der Waals surface area (Å²) in [7, 11) is 0. The van der Waals surface area contributed by atoms with Gasteiger partial charge in [0.1, 0.15) is 33.5 Å². The van der Waals surface area contributed by atoms with E-state index in [-0.39, 0.29) is 0 Å². The number of aromatic nitrogens is 9. The molecular formula is C107H67N9O3. The first-order valence-electron chi connectivity index (χ1n) is 39.5. The van der Waals surface area contributed by atoms with Gasteiger partial charge in [0.05, 0.1) is 0 Å². The lowest BCUT2D eigenvalue weighted by molar-refractivity contribution is 0.668. The maximum atomic E-state index is 6.25. The third-order valence-electron chi connectivity index (χ3n) is 21.6. The average Bonchev–Trinajstić information content (AvgIpc) is 1.70. The molecule has 0 saturated carbocycles. The smallest absolute Gasteiger partial charge is 0.164 e. The van der Waals surface area contributed by atoms with Crippen LogP contribution < -0.4 is 0 Å². The summed E-state index contributed by atoms with van der Waals surface area (Å²) in [5.41, 5.74) is 20.6. The van der Waals surface area contributed by atoms with Gasteiger partial charge in [-0.1, -0.05) is 364 Å². The van der Waals surface area contributed by atoms with E-state index in [4.69, 9.17) is 58.1 Å². The van der Waals surface area contributed by atoms with Crippen LogP contribution in [-0.4, -0.2) is 44.9 Å². The summed E-state index contributed by atoms with van der Waals surface area (Å²) in [4.78, 5) is 44.1. The minimum atomic E-state index is 0.639. The molecule has 0 aliphatic carbocycles.